The minimum atomic E-state index is -0.148. The predicted octanol–water partition coefficient (Wildman–Crippen LogP) is 3.10. The Hall–Kier alpha value is -0.890. The van der Waals surface area contributed by atoms with Crippen LogP contribution in [0.4, 0.5) is 4.39 Å². The Balaban J connectivity index is 2.19. The Morgan fingerprint density at radius 2 is 1.69 bits per heavy atom. The first-order chi connectivity index (χ1) is 7.60. The van der Waals surface area contributed by atoms with E-state index in [1.807, 2.05) is 12.1 Å². The third-order valence-electron chi connectivity index (χ3n) is 3.95. The van der Waals surface area contributed by atoms with Crippen LogP contribution in [-0.2, 0) is 5.41 Å². The summed E-state index contributed by atoms with van der Waals surface area (Å²) in [5.74, 6) is 0.545. The van der Waals surface area contributed by atoms with Gasteiger partial charge in [0.15, 0.2) is 0 Å². The van der Waals surface area contributed by atoms with Crippen LogP contribution in [-0.4, -0.2) is 13.1 Å². The lowest BCUT2D eigenvalue weighted by molar-refractivity contribution is 0.247. The van der Waals surface area contributed by atoms with Crippen molar-refractivity contribution in [3.05, 3.63) is 35.6 Å². The first kappa shape index (κ1) is 11.6. The Kier molecular flexibility index (Phi) is 3.29. The van der Waals surface area contributed by atoms with Crippen LogP contribution in [0.15, 0.2) is 24.3 Å². The summed E-state index contributed by atoms with van der Waals surface area (Å²) in [7, 11) is 0. The summed E-state index contributed by atoms with van der Waals surface area (Å²) in [6, 6.07) is 6.99. The third kappa shape index (κ3) is 2.27. The Morgan fingerprint density at radius 1 is 1.12 bits per heavy atom. The summed E-state index contributed by atoms with van der Waals surface area (Å²) in [6.07, 6.45) is 2.43. The molecule has 0 aliphatic carbocycles. The summed E-state index contributed by atoms with van der Waals surface area (Å²) in [4.78, 5) is 0. The number of benzene rings is 1. The molecule has 2 rings (SSSR count). The van der Waals surface area contributed by atoms with Crippen LogP contribution in [0.2, 0.25) is 0 Å². The maximum atomic E-state index is 12.9. The average molecular weight is 221 g/mol. The lowest BCUT2D eigenvalue weighted by Gasteiger charge is -2.37. The van der Waals surface area contributed by atoms with Crippen molar-refractivity contribution in [3.8, 4) is 0 Å². The summed E-state index contributed by atoms with van der Waals surface area (Å²) in [5, 5.41) is 3.39. The average Bonchev–Trinajstić information content (AvgIpc) is 2.31. The number of halogens is 1. The van der Waals surface area contributed by atoms with Gasteiger partial charge in [0.05, 0.1) is 0 Å². The van der Waals surface area contributed by atoms with Gasteiger partial charge < -0.3 is 5.32 Å². The van der Waals surface area contributed by atoms with Gasteiger partial charge in [-0.2, -0.15) is 0 Å². The van der Waals surface area contributed by atoms with E-state index in [9.17, 15) is 4.39 Å². The van der Waals surface area contributed by atoms with Crippen molar-refractivity contribution >= 4 is 0 Å². The molecule has 2 heteroatoms. The molecule has 0 radical (unpaired) electrons. The van der Waals surface area contributed by atoms with E-state index >= 15 is 0 Å². The fourth-order valence-electron chi connectivity index (χ4n) is 2.66. The smallest absolute Gasteiger partial charge is 0.123 e. The van der Waals surface area contributed by atoms with Gasteiger partial charge in [0.1, 0.15) is 5.82 Å². The molecule has 1 aromatic rings. The molecule has 1 nitrogen and oxygen atoms in total. The van der Waals surface area contributed by atoms with Gasteiger partial charge in [-0.15, -0.1) is 0 Å². The molecule has 0 aromatic heterocycles. The zero-order valence-electron chi connectivity index (χ0n) is 10.1. The molecule has 1 aliphatic heterocycles. The number of piperidine rings is 1. The number of rotatable bonds is 2. The minimum absolute atomic E-state index is 0.148. The molecule has 0 bridgehead atoms. The Morgan fingerprint density at radius 3 is 2.25 bits per heavy atom. The molecule has 1 fully saturated rings. The van der Waals surface area contributed by atoms with Crippen molar-refractivity contribution in [2.45, 2.75) is 32.1 Å². The van der Waals surface area contributed by atoms with Crippen LogP contribution in [0.25, 0.3) is 0 Å². The second-order valence-corrected chi connectivity index (χ2v) is 5.25. The van der Waals surface area contributed by atoms with Crippen molar-refractivity contribution in [3.63, 3.8) is 0 Å². The summed E-state index contributed by atoms with van der Waals surface area (Å²) in [5.41, 5.74) is 1.40. The van der Waals surface area contributed by atoms with Crippen molar-refractivity contribution in [1.29, 1.82) is 0 Å². The largest absolute Gasteiger partial charge is 0.317 e. The van der Waals surface area contributed by atoms with E-state index in [-0.39, 0.29) is 11.2 Å². The van der Waals surface area contributed by atoms with Crippen LogP contribution < -0.4 is 5.32 Å². The summed E-state index contributed by atoms with van der Waals surface area (Å²) in [6.45, 7) is 6.76. The molecule has 16 heavy (non-hydrogen) atoms. The molecule has 1 aromatic carbocycles. The number of hydrogen-bond donors (Lipinski definition) is 1. The first-order valence-corrected chi connectivity index (χ1v) is 6.07. The quantitative estimate of drug-likeness (QED) is 0.809. The normalized spacial score (nSPS) is 18.7. The molecule has 88 valence electrons. The molecule has 1 aliphatic rings. The topological polar surface area (TPSA) is 12.0 Å². The van der Waals surface area contributed by atoms with Gasteiger partial charge in [0.25, 0.3) is 0 Å². The second-order valence-electron chi connectivity index (χ2n) is 5.25. The van der Waals surface area contributed by atoms with E-state index in [0.29, 0.717) is 5.92 Å². The maximum Gasteiger partial charge on any atom is 0.123 e. The van der Waals surface area contributed by atoms with E-state index < -0.39 is 0 Å². The summed E-state index contributed by atoms with van der Waals surface area (Å²) >= 11 is 0. The highest BCUT2D eigenvalue weighted by molar-refractivity contribution is 5.25. The van der Waals surface area contributed by atoms with E-state index in [4.69, 9.17) is 0 Å². The van der Waals surface area contributed by atoms with Gasteiger partial charge in [-0.1, -0.05) is 26.0 Å². The molecule has 1 N–H and O–H groups in total. The Bertz CT molecular complexity index is 336. The fourth-order valence-corrected chi connectivity index (χ4v) is 2.66. The van der Waals surface area contributed by atoms with Gasteiger partial charge >= 0.3 is 0 Å². The van der Waals surface area contributed by atoms with Crippen LogP contribution in [0.1, 0.15) is 32.3 Å². The third-order valence-corrected chi connectivity index (χ3v) is 3.95. The monoisotopic (exact) mass is 221 g/mol. The molecule has 1 heterocycles. The molecule has 0 unspecified atom stereocenters. The van der Waals surface area contributed by atoms with E-state index in [1.54, 1.807) is 12.1 Å². The van der Waals surface area contributed by atoms with Crippen LogP contribution in [0.5, 0.6) is 0 Å². The zero-order chi connectivity index (χ0) is 11.6. The highest BCUT2D eigenvalue weighted by atomic mass is 19.1. The molecular weight excluding hydrogens is 201 g/mol. The van der Waals surface area contributed by atoms with Crippen LogP contribution in [0.3, 0.4) is 0 Å². The van der Waals surface area contributed by atoms with Crippen LogP contribution >= 0.6 is 0 Å². The van der Waals surface area contributed by atoms with E-state index in [2.05, 4.69) is 19.2 Å². The van der Waals surface area contributed by atoms with Crippen molar-refractivity contribution < 1.29 is 4.39 Å². The highest BCUT2D eigenvalue weighted by Gasteiger charge is 2.31. The predicted molar refractivity (Wildman–Crippen MR) is 65.0 cm³/mol. The molecule has 0 amide bonds. The lowest BCUT2D eigenvalue weighted by atomic mass is 9.70. The SMILES string of the molecule is CC(C)(c1ccc(F)cc1)C1CCNCC1. The van der Waals surface area contributed by atoms with Crippen molar-refractivity contribution in [2.75, 3.05) is 13.1 Å². The van der Waals surface area contributed by atoms with E-state index in [0.717, 1.165) is 13.1 Å². The second kappa shape index (κ2) is 4.54. The molecular formula is C14H20FN. The van der Waals surface area contributed by atoms with Gasteiger partial charge in [-0.05, 0) is 55.0 Å². The van der Waals surface area contributed by atoms with Gasteiger partial charge in [-0.3, -0.25) is 0 Å². The standard InChI is InChI=1S/C14H20FN/c1-14(2,12-7-9-16-10-8-12)11-3-5-13(15)6-4-11/h3-6,12,16H,7-10H2,1-2H3. The first-order valence-electron chi connectivity index (χ1n) is 6.07. The Labute approximate surface area is 97.1 Å². The number of hydrogen-bond acceptors (Lipinski definition) is 1. The van der Waals surface area contributed by atoms with Gasteiger partial charge in [-0.25, -0.2) is 4.39 Å². The molecule has 0 spiro atoms. The zero-order valence-corrected chi connectivity index (χ0v) is 10.1. The molecule has 1 saturated heterocycles. The van der Waals surface area contributed by atoms with Crippen molar-refractivity contribution in [2.24, 2.45) is 5.92 Å². The van der Waals surface area contributed by atoms with Gasteiger partial charge in [0.2, 0.25) is 0 Å². The van der Waals surface area contributed by atoms with Crippen molar-refractivity contribution in [1.82, 2.24) is 5.32 Å². The lowest BCUT2D eigenvalue weighted by Crippen LogP contribution is -2.38. The molecule has 0 atom stereocenters. The maximum absolute atomic E-state index is 12.9. The highest BCUT2D eigenvalue weighted by Crippen LogP contribution is 2.36. The number of nitrogens with one attached hydrogen (secondary N) is 1. The fraction of sp³-hybridized carbons (Fsp3) is 0.571. The summed E-state index contributed by atoms with van der Waals surface area (Å²) < 4.78 is 12.9. The molecule has 0 saturated carbocycles. The van der Waals surface area contributed by atoms with Gasteiger partial charge in [0, 0.05) is 0 Å². The van der Waals surface area contributed by atoms with E-state index in [1.165, 1.54) is 18.4 Å². The minimum Gasteiger partial charge on any atom is -0.317 e. The van der Waals surface area contributed by atoms with Crippen LogP contribution in [0, 0.1) is 11.7 Å².